The summed E-state index contributed by atoms with van der Waals surface area (Å²) in [6.45, 7) is 0. The van der Waals surface area contributed by atoms with E-state index in [1.807, 2.05) is 11.3 Å². The van der Waals surface area contributed by atoms with Crippen LogP contribution in [0.2, 0.25) is 0 Å². The molecule has 0 saturated heterocycles. The van der Waals surface area contributed by atoms with Crippen LogP contribution in [0.25, 0.3) is 56.9 Å². The van der Waals surface area contributed by atoms with Crippen molar-refractivity contribution < 1.29 is 0 Å². The van der Waals surface area contributed by atoms with E-state index in [9.17, 15) is 0 Å². The first kappa shape index (κ1) is 16.0. The van der Waals surface area contributed by atoms with Gasteiger partial charge >= 0.3 is 178 Å². The Morgan fingerprint density at radius 3 is 2.41 bits per heavy atom. The molecule has 0 radical (unpaired) electrons. The van der Waals surface area contributed by atoms with E-state index in [-0.39, 0.29) is 0 Å². The third kappa shape index (κ3) is 2.10. The standard InChI is InChI=1S/C26H15NSSe/c1-3-9-20-18(7-1)25-19-14-15-28-23(19)13-12-21(25)27(20)22-10-5-8-17-16-6-2-4-11-24(16)29-26(17)22/h1-15H. The van der Waals surface area contributed by atoms with Crippen LogP contribution in [-0.2, 0) is 0 Å². The molecule has 0 N–H and O–H groups in total. The van der Waals surface area contributed by atoms with Gasteiger partial charge in [-0.15, -0.1) is 0 Å². The van der Waals surface area contributed by atoms with Crippen molar-refractivity contribution in [2.45, 2.75) is 0 Å². The molecule has 0 aliphatic rings. The predicted octanol–water partition coefficient (Wildman–Crippen LogP) is 7.36. The zero-order chi connectivity index (χ0) is 18.9. The van der Waals surface area contributed by atoms with Gasteiger partial charge in [-0.05, 0) is 0 Å². The summed E-state index contributed by atoms with van der Waals surface area (Å²) in [6, 6.07) is 31.4. The summed E-state index contributed by atoms with van der Waals surface area (Å²) < 4.78 is 6.84. The molecule has 3 heterocycles. The van der Waals surface area contributed by atoms with Crippen molar-refractivity contribution in [3.05, 3.63) is 90.3 Å². The summed E-state index contributed by atoms with van der Waals surface area (Å²) >= 11 is 2.15. The molecule has 136 valence electrons. The second-order valence-corrected chi connectivity index (χ2v) is 10.6. The Labute approximate surface area is 177 Å². The Morgan fingerprint density at radius 2 is 1.45 bits per heavy atom. The molecule has 7 aromatic rings. The molecular weight excluding hydrogens is 437 g/mol. The van der Waals surface area contributed by atoms with Crippen molar-refractivity contribution in [1.29, 1.82) is 0 Å². The Bertz CT molecular complexity index is 1710. The van der Waals surface area contributed by atoms with Crippen LogP contribution in [0.15, 0.2) is 90.3 Å². The summed E-state index contributed by atoms with van der Waals surface area (Å²) in [5, 5.41) is 9.10. The van der Waals surface area contributed by atoms with Gasteiger partial charge in [-0.1, -0.05) is 0 Å². The molecule has 3 aromatic heterocycles. The Kier molecular flexibility index (Phi) is 3.22. The minimum absolute atomic E-state index is 0.326. The van der Waals surface area contributed by atoms with Gasteiger partial charge in [-0.3, -0.25) is 0 Å². The van der Waals surface area contributed by atoms with Gasteiger partial charge in [0, 0.05) is 0 Å². The average molecular weight is 452 g/mol. The fourth-order valence-corrected chi connectivity index (χ4v) is 8.01. The Morgan fingerprint density at radius 1 is 0.621 bits per heavy atom. The predicted molar refractivity (Wildman–Crippen MR) is 128 cm³/mol. The molecule has 0 bridgehead atoms. The third-order valence-electron chi connectivity index (χ3n) is 5.89. The number of nitrogens with zero attached hydrogens (tertiary/aromatic N) is 1. The van der Waals surface area contributed by atoms with Crippen LogP contribution < -0.4 is 0 Å². The van der Waals surface area contributed by atoms with E-state index in [1.54, 1.807) is 0 Å². The molecule has 4 aromatic carbocycles. The van der Waals surface area contributed by atoms with Crippen molar-refractivity contribution in [1.82, 2.24) is 4.57 Å². The van der Waals surface area contributed by atoms with Crippen LogP contribution in [0.3, 0.4) is 0 Å². The molecular formula is C26H15NSSe. The van der Waals surface area contributed by atoms with Crippen LogP contribution in [-0.4, -0.2) is 19.1 Å². The number of hydrogen-bond donors (Lipinski definition) is 0. The fourth-order valence-electron chi connectivity index (χ4n) is 4.68. The van der Waals surface area contributed by atoms with E-state index in [0.717, 1.165) is 0 Å². The summed E-state index contributed by atoms with van der Waals surface area (Å²) in [6.07, 6.45) is 0. The summed E-state index contributed by atoms with van der Waals surface area (Å²) in [5.74, 6) is 0. The zero-order valence-corrected chi connectivity index (χ0v) is 18.0. The molecule has 0 unspecified atom stereocenters. The van der Waals surface area contributed by atoms with Crippen LogP contribution in [0, 0.1) is 0 Å². The van der Waals surface area contributed by atoms with Gasteiger partial charge in [0.15, 0.2) is 0 Å². The van der Waals surface area contributed by atoms with Gasteiger partial charge in [-0.25, -0.2) is 0 Å². The Hall–Kier alpha value is -2.84. The molecule has 7 rings (SSSR count). The van der Waals surface area contributed by atoms with E-state index >= 15 is 0 Å². The quantitative estimate of drug-likeness (QED) is 0.229. The first-order valence-electron chi connectivity index (χ1n) is 9.70. The molecule has 0 fully saturated rings. The van der Waals surface area contributed by atoms with Crippen molar-refractivity contribution in [3.63, 3.8) is 0 Å². The van der Waals surface area contributed by atoms with Crippen LogP contribution in [0.1, 0.15) is 0 Å². The van der Waals surface area contributed by atoms with Crippen molar-refractivity contribution >= 4 is 77.0 Å². The molecule has 0 aliphatic heterocycles. The van der Waals surface area contributed by atoms with E-state index in [1.165, 1.54) is 56.9 Å². The van der Waals surface area contributed by atoms with Gasteiger partial charge in [0.05, 0.1) is 0 Å². The molecule has 1 nitrogen and oxygen atoms in total. The van der Waals surface area contributed by atoms with E-state index in [4.69, 9.17) is 0 Å². The number of fused-ring (bicyclic) bond motifs is 8. The Balaban J connectivity index is 1.72. The van der Waals surface area contributed by atoms with Crippen LogP contribution in [0.5, 0.6) is 0 Å². The second kappa shape index (κ2) is 5.84. The van der Waals surface area contributed by atoms with Crippen molar-refractivity contribution in [3.8, 4) is 5.69 Å². The van der Waals surface area contributed by atoms with E-state index < -0.39 is 0 Å². The molecule has 0 atom stereocenters. The first-order chi connectivity index (χ1) is 14.4. The number of hydrogen-bond acceptors (Lipinski definition) is 1. The third-order valence-corrected chi connectivity index (χ3v) is 9.31. The fraction of sp³-hybridized carbons (Fsp3) is 0. The summed E-state index contributed by atoms with van der Waals surface area (Å²) in [4.78, 5) is 0. The van der Waals surface area contributed by atoms with Gasteiger partial charge in [-0.2, -0.15) is 0 Å². The van der Waals surface area contributed by atoms with Crippen LogP contribution in [0.4, 0.5) is 0 Å². The molecule has 0 saturated carbocycles. The van der Waals surface area contributed by atoms with Crippen molar-refractivity contribution in [2.24, 2.45) is 0 Å². The summed E-state index contributed by atoms with van der Waals surface area (Å²) in [7, 11) is 0. The number of aromatic nitrogens is 1. The van der Waals surface area contributed by atoms with Gasteiger partial charge < -0.3 is 0 Å². The van der Waals surface area contributed by atoms with Crippen molar-refractivity contribution in [2.75, 3.05) is 0 Å². The molecule has 0 amide bonds. The van der Waals surface area contributed by atoms with Gasteiger partial charge in [0.25, 0.3) is 0 Å². The van der Waals surface area contributed by atoms with Gasteiger partial charge in [0.1, 0.15) is 0 Å². The summed E-state index contributed by atoms with van der Waals surface area (Å²) in [5.41, 5.74) is 3.93. The number of benzene rings is 4. The maximum atomic E-state index is 2.49. The topological polar surface area (TPSA) is 4.93 Å². The van der Waals surface area contributed by atoms with Crippen LogP contribution >= 0.6 is 11.3 Å². The molecule has 0 spiro atoms. The molecule has 3 heteroatoms. The van der Waals surface area contributed by atoms with Gasteiger partial charge in [0.2, 0.25) is 0 Å². The van der Waals surface area contributed by atoms with E-state index in [0.29, 0.717) is 14.5 Å². The number of thiophene rings is 1. The van der Waals surface area contributed by atoms with E-state index in [2.05, 4.69) is 94.9 Å². The zero-order valence-electron chi connectivity index (χ0n) is 15.4. The maximum absolute atomic E-state index is 2.49. The minimum atomic E-state index is 0.326. The SMILES string of the molecule is c1ccc2c(c1)[se]c1c(-n3c4ccccc4c4c5ccsc5ccc43)cccc12. The monoisotopic (exact) mass is 453 g/mol. The average Bonchev–Trinajstić information content (AvgIpc) is 3.46. The molecule has 29 heavy (non-hydrogen) atoms. The first-order valence-corrected chi connectivity index (χ1v) is 12.3. The number of rotatable bonds is 1. The number of para-hydroxylation sites is 1. The normalized spacial score (nSPS) is 12.1. The second-order valence-electron chi connectivity index (χ2n) is 7.40. The molecule has 0 aliphatic carbocycles.